The highest BCUT2D eigenvalue weighted by Crippen LogP contribution is 1.72. The van der Waals surface area contributed by atoms with Crippen molar-refractivity contribution in [1.82, 2.24) is 16.0 Å². The van der Waals surface area contributed by atoms with Gasteiger partial charge in [0.1, 0.15) is 0 Å². The molecule has 0 bridgehead atoms. The van der Waals surface area contributed by atoms with Crippen molar-refractivity contribution in [3.8, 4) is 0 Å². The van der Waals surface area contributed by atoms with E-state index in [1.165, 1.54) is 0 Å². The Bertz CT molecular complexity index is 276. The Balaban J connectivity index is 3.60. The Labute approximate surface area is 94.5 Å². The van der Waals surface area contributed by atoms with E-state index in [1.54, 1.807) is 0 Å². The maximum Gasteiger partial charge on any atom is 0.243 e. The number of amides is 3. The average molecular weight is 227 g/mol. The van der Waals surface area contributed by atoms with Gasteiger partial charge in [-0.2, -0.15) is 0 Å². The molecule has 0 atom stereocenters. The predicted molar refractivity (Wildman–Crippen MR) is 59.5 cm³/mol. The molecular formula is C10H17N3O3. The molecule has 0 fully saturated rings. The summed E-state index contributed by atoms with van der Waals surface area (Å²) in [4.78, 5) is 32.9. The summed E-state index contributed by atoms with van der Waals surface area (Å²) in [5.41, 5.74) is 0. The van der Waals surface area contributed by atoms with Gasteiger partial charge in [-0.3, -0.25) is 14.4 Å². The third-order valence-electron chi connectivity index (χ3n) is 1.63. The third kappa shape index (κ3) is 7.54. The van der Waals surface area contributed by atoms with Crippen LogP contribution in [0.1, 0.15) is 13.3 Å². The van der Waals surface area contributed by atoms with Crippen LogP contribution >= 0.6 is 0 Å². The van der Waals surface area contributed by atoms with Crippen LogP contribution in [0.2, 0.25) is 0 Å². The molecule has 0 saturated carbocycles. The van der Waals surface area contributed by atoms with Crippen molar-refractivity contribution in [3.63, 3.8) is 0 Å². The molecule has 0 rings (SSSR count). The molecule has 16 heavy (non-hydrogen) atoms. The van der Waals surface area contributed by atoms with Gasteiger partial charge in [0.05, 0.1) is 13.1 Å². The van der Waals surface area contributed by atoms with Crippen LogP contribution in [0.25, 0.3) is 0 Å². The molecule has 0 aliphatic rings. The number of rotatable bonds is 7. The molecule has 0 aromatic heterocycles. The lowest BCUT2D eigenvalue weighted by Gasteiger charge is -2.06. The fourth-order valence-electron chi connectivity index (χ4n) is 0.808. The first-order valence-electron chi connectivity index (χ1n) is 5.03. The summed E-state index contributed by atoms with van der Waals surface area (Å²) in [5, 5.41) is 7.28. The first kappa shape index (κ1) is 14.2. The summed E-state index contributed by atoms with van der Waals surface area (Å²) in [6.07, 6.45) is 1.91. The van der Waals surface area contributed by atoms with Crippen LogP contribution in [-0.2, 0) is 14.4 Å². The molecule has 0 aromatic rings. The molecule has 0 heterocycles. The molecule has 0 radical (unpaired) electrons. The molecule has 0 unspecified atom stereocenters. The number of hydrogen-bond donors (Lipinski definition) is 3. The van der Waals surface area contributed by atoms with E-state index in [9.17, 15) is 14.4 Å². The molecule has 3 N–H and O–H groups in total. The lowest BCUT2D eigenvalue weighted by molar-refractivity contribution is -0.126. The van der Waals surface area contributed by atoms with Crippen molar-refractivity contribution >= 4 is 17.7 Å². The van der Waals surface area contributed by atoms with Crippen LogP contribution in [0.4, 0.5) is 0 Å². The summed E-state index contributed by atoms with van der Waals surface area (Å²) in [7, 11) is 0. The second-order valence-electron chi connectivity index (χ2n) is 3.05. The van der Waals surface area contributed by atoms with Gasteiger partial charge in [-0.25, -0.2) is 0 Å². The van der Waals surface area contributed by atoms with E-state index in [4.69, 9.17) is 0 Å². The second-order valence-corrected chi connectivity index (χ2v) is 3.05. The first-order chi connectivity index (χ1) is 7.60. The lowest BCUT2D eigenvalue weighted by Crippen LogP contribution is -2.41. The zero-order valence-electron chi connectivity index (χ0n) is 9.34. The summed E-state index contributed by atoms with van der Waals surface area (Å²) in [6.45, 7) is 5.52. The Morgan fingerprint density at radius 1 is 1.06 bits per heavy atom. The highest BCUT2D eigenvalue weighted by molar-refractivity contribution is 5.91. The Morgan fingerprint density at radius 3 is 2.19 bits per heavy atom. The molecule has 6 heteroatoms. The average Bonchev–Trinajstić information content (AvgIpc) is 2.30. The van der Waals surface area contributed by atoms with E-state index in [2.05, 4.69) is 22.5 Å². The van der Waals surface area contributed by atoms with Gasteiger partial charge in [-0.1, -0.05) is 13.5 Å². The Morgan fingerprint density at radius 2 is 1.62 bits per heavy atom. The van der Waals surface area contributed by atoms with Gasteiger partial charge < -0.3 is 16.0 Å². The number of nitrogens with one attached hydrogen (secondary N) is 3. The topological polar surface area (TPSA) is 87.3 Å². The Hall–Kier alpha value is -1.85. The quantitative estimate of drug-likeness (QED) is 0.484. The van der Waals surface area contributed by atoms with Crippen LogP contribution < -0.4 is 16.0 Å². The normalized spacial score (nSPS) is 9.06. The predicted octanol–water partition coefficient (Wildman–Crippen LogP) is -1.07. The van der Waals surface area contributed by atoms with Crippen molar-refractivity contribution in [2.45, 2.75) is 13.3 Å². The number of carbonyl (C=O) groups excluding carboxylic acids is 3. The minimum atomic E-state index is -0.425. The van der Waals surface area contributed by atoms with E-state index < -0.39 is 11.8 Å². The van der Waals surface area contributed by atoms with Gasteiger partial charge in [0.25, 0.3) is 0 Å². The molecule has 0 aliphatic heterocycles. The van der Waals surface area contributed by atoms with Crippen LogP contribution in [0.5, 0.6) is 0 Å². The third-order valence-corrected chi connectivity index (χ3v) is 1.63. The van der Waals surface area contributed by atoms with Gasteiger partial charge in [0.15, 0.2) is 0 Å². The van der Waals surface area contributed by atoms with Crippen molar-refractivity contribution in [3.05, 3.63) is 12.7 Å². The zero-order chi connectivity index (χ0) is 12.4. The van der Waals surface area contributed by atoms with E-state index in [0.29, 0.717) is 6.54 Å². The van der Waals surface area contributed by atoms with Gasteiger partial charge in [-0.15, -0.1) is 0 Å². The summed E-state index contributed by atoms with van der Waals surface area (Å²) in [6, 6.07) is 0. The smallest absolute Gasteiger partial charge is 0.243 e. The zero-order valence-corrected chi connectivity index (χ0v) is 9.34. The summed E-state index contributed by atoms with van der Waals surface area (Å²) >= 11 is 0. The second kappa shape index (κ2) is 8.46. The number of hydrogen-bond acceptors (Lipinski definition) is 3. The molecule has 0 aliphatic carbocycles. The fraction of sp³-hybridized carbons (Fsp3) is 0.500. The minimum absolute atomic E-state index is 0.0806. The Kier molecular flexibility index (Phi) is 7.48. The van der Waals surface area contributed by atoms with Crippen molar-refractivity contribution in [2.75, 3.05) is 19.6 Å². The van der Waals surface area contributed by atoms with E-state index >= 15 is 0 Å². The fourth-order valence-corrected chi connectivity index (χ4v) is 0.808. The van der Waals surface area contributed by atoms with Gasteiger partial charge >= 0.3 is 0 Å². The highest BCUT2D eigenvalue weighted by Gasteiger charge is 2.05. The molecule has 90 valence electrons. The van der Waals surface area contributed by atoms with Crippen molar-refractivity contribution in [1.29, 1.82) is 0 Å². The van der Waals surface area contributed by atoms with Gasteiger partial charge in [0.2, 0.25) is 17.7 Å². The largest absolute Gasteiger partial charge is 0.355 e. The van der Waals surface area contributed by atoms with E-state index in [0.717, 1.165) is 12.5 Å². The molecule has 6 nitrogen and oxygen atoms in total. The summed E-state index contributed by atoms with van der Waals surface area (Å²) in [5.74, 6) is -1.09. The molecule has 0 spiro atoms. The molecule has 0 saturated heterocycles. The minimum Gasteiger partial charge on any atom is -0.355 e. The number of carbonyl (C=O) groups is 3. The molecule has 0 aromatic carbocycles. The first-order valence-corrected chi connectivity index (χ1v) is 5.03. The maximum absolute atomic E-state index is 11.1. The van der Waals surface area contributed by atoms with E-state index in [-0.39, 0.29) is 19.0 Å². The SMILES string of the molecule is C=CC(=O)NCC(=O)NCC(=O)NCCC. The van der Waals surface area contributed by atoms with Gasteiger partial charge in [0, 0.05) is 6.54 Å². The van der Waals surface area contributed by atoms with Crippen LogP contribution in [-0.4, -0.2) is 37.4 Å². The van der Waals surface area contributed by atoms with E-state index in [1.807, 2.05) is 6.92 Å². The maximum atomic E-state index is 11.1. The standard InChI is InChI=1S/C10H17N3O3/c1-3-5-11-9(15)6-13-10(16)7-12-8(14)4-2/h4H,2-3,5-7H2,1H3,(H,11,15)(H,12,14)(H,13,16). The lowest BCUT2D eigenvalue weighted by atomic mass is 10.4. The van der Waals surface area contributed by atoms with Crippen molar-refractivity contribution < 1.29 is 14.4 Å². The van der Waals surface area contributed by atoms with Crippen LogP contribution in [0, 0.1) is 0 Å². The molecule has 3 amide bonds. The summed E-state index contributed by atoms with van der Waals surface area (Å²) < 4.78 is 0. The highest BCUT2D eigenvalue weighted by atomic mass is 16.2. The van der Waals surface area contributed by atoms with Crippen molar-refractivity contribution in [2.24, 2.45) is 0 Å². The van der Waals surface area contributed by atoms with Gasteiger partial charge in [-0.05, 0) is 12.5 Å². The monoisotopic (exact) mass is 227 g/mol. The van der Waals surface area contributed by atoms with Crippen LogP contribution in [0.15, 0.2) is 12.7 Å². The van der Waals surface area contributed by atoms with Crippen LogP contribution in [0.3, 0.4) is 0 Å². The molecular weight excluding hydrogens is 210 g/mol.